The molecule has 0 bridgehead atoms. The minimum absolute atomic E-state index is 0.580. The molecule has 1 aromatic carbocycles. The van der Waals surface area contributed by atoms with E-state index in [1.165, 1.54) is 38.5 Å². The monoisotopic (exact) mass is 354 g/mol. The smallest absolute Gasteiger partial charge is 0.203 e. The van der Waals surface area contributed by atoms with Crippen molar-refractivity contribution in [1.29, 1.82) is 0 Å². The van der Waals surface area contributed by atoms with E-state index in [0.717, 1.165) is 40.8 Å². The Morgan fingerprint density at radius 2 is 1.72 bits per heavy atom. The fraction of sp³-hybridized carbons (Fsp3) is 0.600. The van der Waals surface area contributed by atoms with E-state index in [2.05, 4.69) is 51.5 Å². The van der Waals surface area contributed by atoms with Crippen LogP contribution < -0.4 is 0 Å². The molecule has 0 spiro atoms. The van der Waals surface area contributed by atoms with Crippen LogP contribution in [0.15, 0.2) is 30.3 Å². The van der Waals surface area contributed by atoms with Gasteiger partial charge in [-0.05, 0) is 81.8 Å². The second-order valence-electron chi connectivity index (χ2n) is 8.15. The first-order valence-corrected chi connectivity index (χ1v) is 10.1. The summed E-state index contributed by atoms with van der Waals surface area (Å²) in [6, 6.07) is 11.2. The molecule has 1 aromatic heterocycles. The normalized spacial score (nSPS) is 20.6. The molecule has 4 nitrogen and oxygen atoms in total. The van der Waals surface area contributed by atoms with Crippen molar-refractivity contribution < 1.29 is 0 Å². The Labute approximate surface area is 154 Å². The van der Waals surface area contributed by atoms with Crippen LogP contribution in [0, 0.1) is 16.6 Å². The molecule has 3 saturated carbocycles. The molecular formula is C20H26N4S. The van der Waals surface area contributed by atoms with Gasteiger partial charge in [-0.1, -0.05) is 18.2 Å². The van der Waals surface area contributed by atoms with Gasteiger partial charge in [-0.3, -0.25) is 9.47 Å². The van der Waals surface area contributed by atoms with Gasteiger partial charge in [-0.2, -0.15) is 5.10 Å². The number of benzene rings is 1. The van der Waals surface area contributed by atoms with E-state index in [4.69, 9.17) is 17.3 Å². The molecule has 2 aromatic rings. The molecule has 3 aliphatic carbocycles. The van der Waals surface area contributed by atoms with Gasteiger partial charge in [0, 0.05) is 17.6 Å². The zero-order chi connectivity index (χ0) is 17.0. The lowest BCUT2D eigenvalue weighted by molar-refractivity contribution is 0.144. The average molecular weight is 355 g/mol. The highest BCUT2D eigenvalue weighted by Gasteiger charge is 2.43. The van der Waals surface area contributed by atoms with Crippen LogP contribution in [-0.4, -0.2) is 32.3 Å². The highest BCUT2D eigenvalue weighted by Crippen LogP contribution is 2.47. The number of rotatable bonds is 7. The van der Waals surface area contributed by atoms with E-state index in [9.17, 15) is 0 Å². The number of aromatic nitrogens is 3. The first-order valence-electron chi connectivity index (χ1n) is 9.68. The molecule has 0 radical (unpaired) electrons. The van der Waals surface area contributed by atoms with Crippen LogP contribution in [0.3, 0.4) is 0 Å². The van der Waals surface area contributed by atoms with Gasteiger partial charge in [0.05, 0.1) is 6.67 Å². The Bertz CT molecular complexity index is 800. The largest absolute Gasteiger partial charge is 0.284 e. The van der Waals surface area contributed by atoms with E-state index in [0.29, 0.717) is 5.92 Å². The van der Waals surface area contributed by atoms with Crippen LogP contribution in [0.1, 0.15) is 50.3 Å². The molecular weight excluding hydrogens is 328 g/mol. The van der Waals surface area contributed by atoms with Crippen LogP contribution in [0.5, 0.6) is 0 Å². The molecule has 0 atom stereocenters. The van der Waals surface area contributed by atoms with Crippen LogP contribution in [0.4, 0.5) is 0 Å². The third-order valence-electron chi connectivity index (χ3n) is 5.90. The van der Waals surface area contributed by atoms with E-state index >= 15 is 0 Å². The summed E-state index contributed by atoms with van der Waals surface area (Å²) in [4.78, 5) is 2.52. The highest BCUT2D eigenvalue weighted by atomic mass is 32.1. The van der Waals surface area contributed by atoms with Crippen molar-refractivity contribution in [2.45, 2.75) is 57.2 Å². The Kier molecular flexibility index (Phi) is 3.82. The molecule has 0 amide bonds. The fourth-order valence-electron chi connectivity index (χ4n) is 4.23. The zero-order valence-electron chi connectivity index (χ0n) is 14.8. The van der Waals surface area contributed by atoms with Gasteiger partial charge in [-0.25, -0.2) is 4.68 Å². The van der Waals surface area contributed by atoms with E-state index in [-0.39, 0.29) is 0 Å². The molecule has 3 fully saturated rings. The van der Waals surface area contributed by atoms with Crippen molar-refractivity contribution in [1.82, 2.24) is 19.2 Å². The van der Waals surface area contributed by atoms with Crippen molar-refractivity contribution in [2.75, 3.05) is 7.05 Å². The summed E-state index contributed by atoms with van der Waals surface area (Å²) >= 11 is 5.85. The number of hydrogen-bond donors (Lipinski definition) is 0. The van der Waals surface area contributed by atoms with Crippen molar-refractivity contribution in [3.8, 4) is 5.69 Å². The molecule has 0 aliphatic heterocycles. The van der Waals surface area contributed by atoms with Crippen molar-refractivity contribution in [3.63, 3.8) is 0 Å². The molecule has 3 aliphatic rings. The molecule has 0 N–H and O–H groups in total. The summed E-state index contributed by atoms with van der Waals surface area (Å²) < 4.78 is 5.10. The maximum absolute atomic E-state index is 5.85. The summed E-state index contributed by atoms with van der Waals surface area (Å²) in [5.41, 5.74) is 1.14. The SMILES string of the molecule is CN(Cn1nc(C2CC2)n(-c2ccccc2)c1=S)C(C1CC1)C1CC1. The maximum atomic E-state index is 5.85. The number of para-hydroxylation sites is 1. The topological polar surface area (TPSA) is 26.0 Å². The second-order valence-corrected chi connectivity index (χ2v) is 8.51. The summed E-state index contributed by atoms with van der Waals surface area (Å²) in [6.45, 7) is 0.816. The van der Waals surface area contributed by atoms with Gasteiger partial charge in [0.2, 0.25) is 4.77 Å². The van der Waals surface area contributed by atoms with Crippen LogP contribution in [-0.2, 0) is 6.67 Å². The van der Waals surface area contributed by atoms with Crippen molar-refractivity contribution in [3.05, 3.63) is 40.9 Å². The van der Waals surface area contributed by atoms with E-state index < -0.39 is 0 Å². The molecule has 0 saturated heterocycles. The summed E-state index contributed by atoms with van der Waals surface area (Å²) in [5, 5.41) is 4.96. The maximum Gasteiger partial charge on any atom is 0.203 e. The first kappa shape index (κ1) is 15.8. The Morgan fingerprint density at radius 3 is 2.28 bits per heavy atom. The lowest BCUT2D eigenvalue weighted by Gasteiger charge is -2.27. The summed E-state index contributed by atoms with van der Waals surface area (Å²) in [6.07, 6.45) is 8.10. The lowest BCUT2D eigenvalue weighted by atomic mass is 10.1. The minimum Gasteiger partial charge on any atom is -0.284 e. The highest BCUT2D eigenvalue weighted by molar-refractivity contribution is 7.71. The van der Waals surface area contributed by atoms with Gasteiger partial charge in [-0.15, -0.1) is 0 Å². The van der Waals surface area contributed by atoms with Gasteiger partial charge < -0.3 is 0 Å². The van der Waals surface area contributed by atoms with E-state index in [1.807, 2.05) is 0 Å². The summed E-state index contributed by atoms with van der Waals surface area (Å²) in [5.74, 6) is 3.55. The Hall–Kier alpha value is -1.46. The average Bonchev–Trinajstić information content (AvgIpc) is 3.45. The van der Waals surface area contributed by atoms with Crippen LogP contribution in [0.2, 0.25) is 0 Å². The lowest BCUT2D eigenvalue weighted by Crippen LogP contribution is -2.37. The number of nitrogens with zero attached hydrogens (tertiary/aromatic N) is 4. The van der Waals surface area contributed by atoms with Crippen molar-refractivity contribution >= 4 is 12.2 Å². The van der Waals surface area contributed by atoms with Crippen molar-refractivity contribution in [2.24, 2.45) is 11.8 Å². The van der Waals surface area contributed by atoms with Gasteiger partial charge in [0.25, 0.3) is 0 Å². The fourth-order valence-corrected chi connectivity index (χ4v) is 4.53. The van der Waals surface area contributed by atoms with Crippen LogP contribution >= 0.6 is 12.2 Å². The molecule has 132 valence electrons. The Balaban J connectivity index is 1.46. The third-order valence-corrected chi connectivity index (χ3v) is 6.29. The summed E-state index contributed by atoms with van der Waals surface area (Å²) in [7, 11) is 2.27. The molecule has 5 rings (SSSR count). The molecule has 5 heteroatoms. The molecule has 0 unspecified atom stereocenters. The molecule has 1 heterocycles. The predicted molar refractivity (Wildman–Crippen MR) is 101 cm³/mol. The van der Waals surface area contributed by atoms with E-state index in [1.54, 1.807) is 0 Å². The van der Waals surface area contributed by atoms with Crippen LogP contribution in [0.25, 0.3) is 5.69 Å². The zero-order valence-corrected chi connectivity index (χ0v) is 15.7. The molecule has 25 heavy (non-hydrogen) atoms. The standard InChI is InChI=1S/C20H26N4S/c1-22(18(14-7-8-14)15-9-10-15)13-23-20(25)24(17-5-3-2-4-6-17)19(21-23)16-11-12-16/h2-6,14-16,18H,7-13H2,1H3. The third kappa shape index (κ3) is 3.08. The van der Waals surface area contributed by atoms with Gasteiger partial charge >= 0.3 is 0 Å². The Morgan fingerprint density at radius 1 is 1.08 bits per heavy atom. The number of hydrogen-bond acceptors (Lipinski definition) is 3. The van der Waals surface area contributed by atoms with Gasteiger partial charge in [0.15, 0.2) is 0 Å². The van der Waals surface area contributed by atoms with Gasteiger partial charge in [0.1, 0.15) is 5.82 Å². The first-order chi connectivity index (χ1) is 12.2. The quantitative estimate of drug-likeness (QED) is 0.691. The second kappa shape index (κ2) is 6.06. The minimum atomic E-state index is 0.580. The predicted octanol–water partition coefficient (Wildman–Crippen LogP) is 4.36.